The van der Waals surface area contributed by atoms with Gasteiger partial charge in [0.05, 0.1) is 6.10 Å². The Balaban J connectivity index is 1.49. The van der Waals surface area contributed by atoms with Gasteiger partial charge in [0.1, 0.15) is 0 Å². The van der Waals surface area contributed by atoms with Gasteiger partial charge in [-0.05, 0) is 47.7 Å². The zero-order chi connectivity index (χ0) is 20.1. The van der Waals surface area contributed by atoms with Gasteiger partial charge in [-0.2, -0.15) is 0 Å². The maximum atomic E-state index is 10.8. The first-order chi connectivity index (χ1) is 14.2. The summed E-state index contributed by atoms with van der Waals surface area (Å²) in [6, 6.07) is 24.6. The van der Waals surface area contributed by atoms with E-state index in [-0.39, 0.29) is 6.79 Å². The number of fused-ring (bicyclic) bond motifs is 1. The molecule has 0 radical (unpaired) electrons. The van der Waals surface area contributed by atoms with Gasteiger partial charge in [0, 0.05) is 19.6 Å². The van der Waals surface area contributed by atoms with Crippen molar-refractivity contribution in [3.63, 3.8) is 0 Å². The molecule has 0 spiro atoms. The van der Waals surface area contributed by atoms with E-state index in [1.807, 2.05) is 30.3 Å². The molecule has 150 valence electrons. The number of nitrogens with zero attached hydrogens (tertiary/aromatic N) is 1. The molecule has 4 heteroatoms. The Bertz CT molecular complexity index is 942. The highest BCUT2D eigenvalue weighted by atomic mass is 16.7. The monoisotopic (exact) mass is 389 g/mol. The second-order valence-corrected chi connectivity index (χ2v) is 7.63. The van der Waals surface area contributed by atoms with E-state index in [2.05, 4.69) is 54.3 Å². The van der Waals surface area contributed by atoms with Crippen LogP contribution in [0, 0.1) is 6.92 Å². The van der Waals surface area contributed by atoms with E-state index in [9.17, 15) is 5.11 Å². The molecule has 1 N–H and O–H groups in total. The van der Waals surface area contributed by atoms with Crippen molar-refractivity contribution in [1.29, 1.82) is 0 Å². The fraction of sp³-hybridized carbons (Fsp3) is 0.280. The number of benzene rings is 3. The van der Waals surface area contributed by atoms with Gasteiger partial charge >= 0.3 is 0 Å². The summed E-state index contributed by atoms with van der Waals surface area (Å²) in [6.45, 7) is 4.53. The van der Waals surface area contributed by atoms with Crippen molar-refractivity contribution in [3.8, 4) is 11.5 Å². The lowest BCUT2D eigenvalue weighted by Gasteiger charge is -2.26. The minimum Gasteiger partial charge on any atom is -0.454 e. The van der Waals surface area contributed by atoms with E-state index in [1.54, 1.807) is 0 Å². The Kier molecular flexibility index (Phi) is 6.13. The van der Waals surface area contributed by atoms with Gasteiger partial charge < -0.3 is 14.6 Å². The molecule has 0 saturated carbocycles. The standard InChI is InChI=1S/C25H27NO3/c1-19-7-5-6-10-22(19)16-26(17-23(27)13-20-8-3-2-4-9-20)15-21-11-12-24-25(14-21)29-18-28-24/h2-12,14,23,27H,13,15-18H2,1H3. The van der Waals surface area contributed by atoms with E-state index in [0.29, 0.717) is 13.0 Å². The van der Waals surface area contributed by atoms with E-state index in [1.165, 1.54) is 11.1 Å². The quantitative estimate of drug-likeness (QED) is 0.623. The normalized spacial score (nSPS) is 13.6. The third kappa shape index (κ3) is 5.17. The number of aryl methyl sites for hydroxylation is 1. The summed E-state index contributed by atoms with van der Waals surface area (Å²) < 4.78 is 11.0. The largest absolute Gasteiger partial charge is 0.454 e. The Hall–Kier alpha value is -2.82. The molecule has 0 aliphatic carbocycles. The molecule has 29 heavy (non-hydrogen) atoms. The summed E-state index contributed by atoms with van der Waals surface area (Å²) in [4.78, 5) is 2.30. The van der Waals surface area contributed by atoms with Crippen molar-refractivity contribution < 1.29 is 14.6 Å². The maximum absolute atomic E-state index is 10.8. The molecule has 1 heterocycles. The van der Waals surface area contributed by atoms with Crippen LogP contribution in [0.1, 0.15) is 22.3 Å². The van der Waals surface area contributed by atoms with Crippen molar-refractivity contribution in [2.45, 2.75) is 32.5 Å². The molecule has 4 nitrogen and oxygen atoms in total. The maximum Gasteiger partial charge on any atom is 0.231 e. The molecule has 0 aromatic heterocycles. The minimum atomic E-state index is -0.435. The molecule has 1 aliphatic heterocycles. The van der Waals surface area contributed by atoms with Gasteiger partial charge in [0.2, 0.25) is 6.79 Å². The first-order valence-electron chi connectivity index (χ1n) is 10.0. The summed E-state index contributed by atoms with van der Waals surface area (Å²) in [5.41, 5.74) is 4.84. The Morgan fingerprint density at radius 1 is 0.862 bits per heavy atom. The van der Waals surface area contributed by atoms with E-state index >= 15 is 0 Å². The van der Waals surface area contributed by atoms with Gasteiger partial charge in [-0.25, -0.2) is 0 Å². The van der Waals surface area contributed by atoms with Crippen molar-refractivity contribution >= 4 is 0 Å². The highest BCUT2D eigenvalue weighted by molar-refractivity contribution is 5.44. The van der Waals surface area contributed by atoms with Crippen molar-refractivity contribution in [1.82, 2.24) is 4.90 Å². The second-order valence-electron chi connectivity index (χ2n) is 7.63. The highest BCUT2D eigenvalue weighted by Gasteiger charge is 2.17. The molecular weight excluding hydrogens is 362 g/mol. The van der Waals surface area contributed by atoms with Crippen LogP contribution in [-0.2, 0) is 19.5 Å². The lowest BCUT2D eigenvalue weighted by atomic mass is 10.1. The highest BCUT2D eigenvalue weighted by Crippen LogP contribution is 2.33. The van der Waals surface area contributed by atoms with Crippen LogP contribution in [0.15, 0.2) is 72.8 Å². The van der Waals surface area contributed by atoms with Crippen LogP contribution in [-0.4, -0.2) is 29.4 Å². The fourth-order valence-electron chi connectivity index (χ4n) is 3.76. The lowest BCUT2D eigenvalue weighted by molar-refractivity contribution is 0.104. The molecule has 3 aromatic rings. The van der Waals surface area contributed by atoms with Crippen molar-refractivity contribution in [2.24, 2.45) is 0 Å². The van der Waals surface area contributed by atoms with Crippen molar-refractivity contribution in [2.75, 3.05) is 13.3 Å². The molecule has 0 amide bonds. The minimum absolute atomic E-state index is 0.279. The Morgan fingerprint density at radius 2 is 1.62 bits per heavy atom. The number of hydrogen-bond acceptors (Lipinski definition) is 4. The number of aliphatic hydroxyl groups excluding tert-OH is 1. The molecule has 1 unspecified atom stereocenters. The van der Waals surface area contributed by atoms with Crippen LogP contribution in [0.3, 0.4) is 0 Å². The van der Waals surface area contributed by atoms with Gasteiger partial charge in [-0.3, -0.25) is 4.90 Å². The van der Waals surface area contributed by atoms with Crippen molar-refractivity contribution in [3.05, 3.63) is 95.1 Å². The van der Waals surface area contributed by atoms with Gasteiger partial charge in [-0.15, -0.1) is 0 Å². The summed E-state index contributed by atoms with van der Waals surface area (Å²) in [6.07, 6.45) is 0.210. The average Bonchev–Trinajstić information content (AvgIpc) is 3.18. The van der Waals surface area contributed by atoms with Gasteiger partial charge in [0.25, 0.3) is 0 Å². The summed E-state index contributed by atoms with van der Waals surface area (Å²) >= 11 is 0. The lowest BCUT2D eigenvalue weighted by Crippen LogP contribution is -2.33. The summed E-state index contributed by atoms with van der Waals surface area (Å²) in [7, 11) is 0. The second kappa shape index (κ2) is 9.12. The van der Waals surface area contributed by atoms with E-state index in [4.69, 9.17) is 9.47 Å². The van der Waals surface area contributed by atoms with Crippen LogP contribution in [0.2, 0.25) is 0 Å². The molecular formula is C25H27NO3. The van der Waals surface area contributed by atoms with Crippen LogP contribution >= 0.6 is 0 Å². The third-order valence-corrected chi connectivity index (χ3v) is 5.28. The van der Waals surface area contributed by atoms with Crippen LogP contribution in [0.25, 0.3) is 0 Å². The van der Waals surface area contributed by atoms with Gasteiger partial charge in [-0.1, -0.05) is 60.7 Å². The molecule has 4 rings (SSSR count). The van der Waals surface area contributed by atoms with Crippen LogP contribution in [0.5, 0.6) is 11.5 Å². The number of rotatable bonds is 8. The smallest absolute Gasteiger partial charge is 0.231 e. The predicted molar refractivity (Wildman–Crippen MR) is 114 cm³/mol. The molecule has 3 aromatic carbocycles. The SMILES string of the molecule is Cc1ccccc1CN(Cc1ccc2c(c1)OCO2)CC(O)Cc1ccccc1. The first-order valence-corrected chi connectivity index (χ1v) is 10.0. The molecule has 0 bridgehead atoms. The zero-order valence-corrected chi connectivity index (χ0v) is 16.8. The number of ether oxygens (including phenoxy) is 2. The van der Waals surface area contributed by atoms with Crippen LogP contribution in [0.4, 0.5) is 0 Å². The third-order valence-electron chi connectivity index (χ3n) is 5.28. The predicted octanol–water partition coefficient (Wildman–Crippen LogP) is 4.33. The van der Waals surface area contributed by atoms with E-state index in [0.717, 1.165) is 35.7 Å². The fourth-order valence-corrected chi connectivity index (χ4v) is 3.76. The average molecular weight is 389 g/mol. The molecule has 0 fully saturated rings. The van der Waals surface area contributed by atoms with E-state index < -0.39 is 6.10 Å². The Morgan fingerprint density at radius 3 is 2.45 bits per heavy atom. The summed E-state index contributed by atoms with van der Waals surface area (Å²) in [5.74, 6) is 1.59. The molecule has 1 aliphatic rings. The van der Waals surface area contributed by atoms with Crippen LogP contribution < -0.4 is 9.47 Å². The zero-order valence-electron chi connectivity index (χ0n) is 16.8. The topological polar surface area (TPSA) is 41.9 Å². The van der Waals surface area contributed by atoms with Gasteiger partial charge in [0.15, 0.2) is 11.5 Å². The molecule has 1 atom stereocenters. The number of hydrogen-bond donors (Lipinski definition) is 1. The molecule has 0 saturated heterocycles. The number of aliphatic hydroxyl groups is 1. The first kappa shape index (κ1) is 19.5. The Labute approximate surface area is 172 Å². The summed E-state index contributed by atoms with van der Waals surface area (Å²) in [5, 5.41) is 10.8.